The SMILES string of the molecule is C=C/C=C/CCCCCCC(=O)OCC. The van der Waals surface area contributed by atoms with Crippen LogP contribution >= 0.6 is 0 Å². The van der Waals surface area contributed by atoms with Gasteiger partial charge in [0, 0.05) is 6.42 Å². The smallest absolute Gasteiger partial charge is 0.305 e. The first-order valence-corrected chi connectivity index (χ1v) is 5.74. The molecule has 0 rings (SSSR count). The van der Waals surface area contributed by atoms with E-state index in [0.29, 0.717) is 13.0 Å². The van der Waals surface area contributed by atoms with Gasteiger partial charge < -0.3 is 4.74 Å². The molecule has 2 heteroatoms. The lowest BCUT2D eigenvalue weighted by Crippen LogP contribution is -2.02. The monoisotopic (exact) mass is 210 g/mol. The van der Waals surface area contributed by atoms with Crippen molar-refractivity contribution in [3.8, 4) is 0 Å². The van der Waals surface area contributed by atoms with E-state index in [0.717, 1.165) is 19.3 Å². The average molecular weight is 210 g/mol. The molecule has 0 amide bonds. The Bertz CT molecular complexity index is 195. The van der Waals surface area contributed by atoms with Crippen LogP contribution in [0.4, 0.5) is 0 Å². The number of carbonyl (C=O) groups is 1. The Labute approximate surface area is 93.0 Å². The maximum atomic E-state index is 11.0. The summed E-state index contributed by atoms with van der Waals surface area (Å²) in [5.41, 5.74) is 0. The number of hydrogen-bond donors (Lipinski definition) is 0. The van der Waals surface area contributed by atoms with Crippen molar-refractivity contribution in [2.75, 3.05) is 6.61 Å². The van der Waals surface area contributed by atoms with Crippen molar-refractivity contribution in [3.63, 3.8) is 0 Å². The zero-order valence-electron chi connectivity index (χ0n) is 9.71. The summed E-state index contributed by atoms with van der Waals surface area (Å²) in [5.74, 6) is -0.0657. The summed E-state index contributed by atoms with van der Waals surface area (Å²) in [5, 5.41) is 0. The molecule has 2 nitrogen and oxygen atoms in total. The molecule has 0 heterocycles. The van der Waals surface area contributed by atoms with E-state index in [4.69, 9.17) is 4.74 Å². The Hall–Kier alpha value is -1.05. The van der Waals surface area contributed by atoms with E-state index in [1.165, 1.54) is 12.8 Å². The molecule has 0 aromatic heterocycles. The second-order valence-electron chi connectivity index (χ2n) is 3.42. The van der Waals surface area contributed by atoms with E-state index in [1.807, 2.05) is 13.0 Å². The number of hydrogen-bond acceptors (Lipinski definition) is 2. The van der Waals surface area contributed by atoms with Gasteiger partial charge >= 0.3 is 5.97 Å². The molecular weight excluding hydrogens is 188 g/mol. The van der Waals surface area contributed by atoms with Crippen LogP contribution in [-0.2, 0) is 9.53 Å². The van der Waals surface area contributed by atoms with Crippen molar-refractivity contribution in [2.45, 2.75) is 45.4 Å². The molecule has 15 heavy (non-hydrogen) atoms. The summed E-state index contributed by atoms with van der Waals surface area (Å²) in [4.78, 5) is 11.0. The number of allylic oxidation sites excluding steroid dienone is 3. The van der Waals surface area contributed by atoms with Crippen LogP contribution < -0.4 is 0 Å². The van der Waals surface area contributed by atoms with Gasteiger partial charge in [-0.15, -0.1) is 0 Å². The largest absolute Gasteiger partial charge is 0.466 e. The maximum Gasteiger partial charge on any atom is 0.305 e. The molecule has 0 fully saturated rings. The van der Waals surface area contributed by atoms with Gasteiger partial charge in [-0.05, 0) is 26.2 Å². The molecule has 0 unspecified atom stereocenters. The van der Waals surface area contributed by atoms with Crippen LogP contribution in [0.5, 0.6) is 0 Å². The molecule has 0 aliphatic rings. The van der Waals surface area contributed by atoms with Gasteiger partial charge in [0.1, 0.15) is 0 Å². The third-order valence-corrected chi connectivity index (χ3v) is 2.08. The third-order valence-electron chi connectivity index (χ3n) is 2.08. The van der Waals surface area contributed by atoms with Crippen LogP contribution in [0.25, 0.3) is 0 Å². The van der Waals surface area contributed by atoms with Gasteiger partial charge in [0.05, 0.1) is 6.61 Å². The van der Waals surface area contributed by atoms with E-state index < -0.39 is 0 Å². The van der Waals surface area contributed by atoms with E-state index in [1.54, 1.807) is 6.08 Å². The lowest BCUT2D eigenvalue weighted by Gasteiger charge is -2.01. The second kappa shape index (κ2) is 11.0. The molecule has 86 valence electrons. The highest BCUT2D eigenvalue weighted by atomic mass is 16.5. The fourth-order valence-corrected chi connectivity index (χ4v) is 1.31. The molecule has 0 spiro atoms. The van der Waals surface area contributed by atoms with Crippen molar-refractivity contribution in [3.05, 3.63) is 24.8 Å². The first-order valence-electron chi connectivity index (χ1n) is 5.74. The molecule has 0 atom stereocenters. The number of unbranched alkanes of at least 4 members (excludes halogenated alkanes) is 4. The van der Waals surface area contributed by atoms with Gasteiger partial charge in [-0.3, -0.25) is 4.79 Å². The highest BCUT2D eigenvalue weighted by Crippen LogP contribution is 2.06. The lowest BCUT2D eigenvalue weighted by atomic mass is 10.1. The van der Waals surface area contributed by atoms with Gasteiger partial charge in [0.2, 0.25) is 0 Å². The van der Waals surface area contributed by atoms with Crippen LogP contribution in [0.2, 0.25) is 0 Å². The molecule has 0 saturated heterocycles. The molecule has 0 aromatic carbocycles. The number of ether oxygens (including phenoxy) is 1. The summed E-state index contributed by atoms with van der Waals surface area (Å²) in [6.07, 6.45) is 12.0. The molecule has 0 N–H and O–H groups in total. The highest BCUT2D eigenvalue weighted by Gasteiger charge is 1.99. The molecule has 0 radical (unpaired) electrons. The zero-order valence-corrected chi connectivity index (χ0v) is 9.71. The molecule has 0 aliphatic heterocycles. The normalized spacial score (nSPS) is 10.5. The predicted molar refractivity (Wildman–Crippen MR) is 63.7 cm³/mol. The summed E-state index contributed by atoms with van der Waals surface area (Å²) in [6.45, 7) is 5.93. The first-order chi connectivity index (χ1) is 7.31. The van der Waals surface area contributed by atoms with E-state index >= 15 is 0 Å². The van der Waals surface area contributed by atoms with Gasteiger partial charge in [0.25, 0.3) is 0 Å². The minimum absolute atomic E-state index is 0.0657. The van der Waals surface area contributed by atoms with Gasteiger partial charge in [-0.1, -0.05) is 37.6 Å². The van der Waals surface area contributed by atoms with Crippen molar-refractivity contribution in [2.24, 2.45) is 0 Å². The summed E-state index contributed by atoms with van der Waals surface area (Å²) < 4.78 is 4.84. The Morgan fingerprint density at radius 2 is 2.00 bits per heavy atom. The van der Waals surface area contributed by atoms with Crippen LogP contribution in [0.1, 0.15) is 45.4 Å². The average Bonchev–Trinajstić information content (AvgIpc) is 2.22. The number of rotatable bonds is 9. The number of carbonyl (C=O) groups excluding carboxylic acids is 1. The summed E-state index contributed by atoms with van der Waals surface area (Å²) in [6, 6.07) is 0. The van der Waals surface area contributed by atoms with Crippen LogP contribution in [0.15, 0.2) is 24.8 Å². The third kappa shape index (κ3) is 10.9. The van der Waals surface area contributed by atoms with Crippen molar-refractivity contribution in [1.82, 2.24) is 0 Å². The molecule has 0 bridgehead atoms. The quantitative estimate of drug-likeness (QED) is 0.330. The Kier molecular flexibility index (Phi) is 10.3. The predicted octanol–water partition coefficient (Wildman–Crippen LogP) is 3.63. The van der Waals surface area contributed by atoms with E-state index in [-0.39, 0.29) is 5.97 Å². The van der Waals surface area contributed by atoms with Crippen LogP contribution in [0.3, 0.4) is 0 Å². The first kappa shape index (κ1) is 13.9. The standard InChI is InChI=1S/C13H22O2/c1-3-5-6-7-8-9-10-11-12-13(14)15-4-2/h3,5-6H,1,4,7-12H2,2H3/b6-5+. The van der Waals surface area contributed by atoms with Crippen molar-refractivity contribution >= 4 is 5.97 Å². The topological polar surface area (TPSA) is 26.3 Å². The minimum Gasteiger partial charge on any atom is -0.466 e. The molecule has 0 aromatic rings. The summed E-state index contributed by atoms with van der Waals surface area (Å²) >= 11 is 0. The van der Waals surface area contributed by atoms with Gasteiger partial charge in [0.15, 0.2) is 0 Å². The highest BCUT2D eigenvalue weighted by molar-refractivity contribution is 5.69. The van der Waals surface area contributed by atoms with E-state index in [2.05, 4.69) is 12.7 Å². The lowest BCUT2D eigenvalue weighted by molar-refractivity contribution is -0.143. The Morgan fingerprint density at radius 3 is 2.67 bits per heavy atom. The fraction of sp³-hybridized carbons (Fsp3) is 0.615. The minimum atomic E-state index is -0.0657. The Balaban J connectivity index is 3.14. The maximum absolute atomic E-state index is 11.0. The fourth-order valence-electron chi connectivity index (χ4n) is 1.31. The van der Waals surface area contributed by atoms with Crippen LogP contribution in [0, 0.1) is 0 Å². The Morgan fingerprint density at radius 1 is 1.27 bits per heavy atom. The molecular formula is C13H22O2. The van der Waals surface area contributed by atoms with Crippen LogP contribution in [-0.4, -0.2) is 12.6 Å². The van der Waals surface area contributed by atoms with Crippen molar-refractivity contribution in [1.29, 1.82) is 0 Å². The summed E-state index contributed by atoms with van der Waals surface area (Å²) in [7, 11) is 0. The van der Waals surface area contributed by atoms with Gasteiger partial charge in [-0.25, -0.2) is 0 Å². The van der Waals surface area contributed by atoms with Gasteiger partial charge in [-0.2, -0.15) is 0 Å². The second-order valence-corrected chi connectivity index (χ2v) is 3.42. The van der Waals surface area contributed by atoms with E-state index in [9.17, 15) is 4.79 Å². The number of esters is 1. The molecule has 0 aliphatic carbocycles. The molecule has 0 saturated carbocycles. The van der Waals surface area contributed by atoms with Crippen molar-refractivity contribution < 1.29 is 9.53 Å². The zero-order chi connectivity index (χ0) is 11.4.